The first kappa shape index (κ1) is 15.1. The lowest BCUT2D eigenvalue weighted by Crippen LogP contribution is -2.49. The number of ether oxygens (including phenoxy) is 1. The molecule has 0 spiro atoms. The van der Waals surface area contributed by atoms with Gasteiger partial charge >= 0.3 is 12.0 Å². The van der Waals surface area contributed by atoms with Crippen LogP contribution in [0.15, 0.2) is 0 Å². The van der Waals surface area contributed by atoms with Gasteiger partial charge in [0.2, 0.25) is 0 Å². The van der Waals surface area contributed by atoms with E-state index in [-0.39, 0.29) is 18.4 Å². The van der Waals surface area contributed by atoms with E-state index < -0.39 is 24.1 Å². The second-order valence-corrected chi connectivity index (χ2v) is 5.98. The molecule has 2 aliphatic rings. The molecular formula is C13H22N2O5. The number of rotatable bonds is 3. The van der Waals surface area contributed by atoms with Crippen molar-refractivity contribution < 1.29 is 24.5 Å². The number of β-amino-alcohol motifs (C(OH)–C–C–N with tert-alkyl or cyclic N) is 1. The molecule has 0 saturated carbocycles. The Labute approximate surface area is 117 Å². The molecule has 0 radical (unpaired) electrons. The van der Waals surface area contributed by atoms with Crippen LogP contribution in [0.2, 0.25) is 0 Å². The number of aliphatic hydroxyl groups is 1. The van der Waals surface area contributed by atoms with Crippen molar-refractivity contribution in [1.29, 1.82) is 0 Å². The Bertz CT molecular complexity index is 381. The van der Waals surface area contributed by atoms with Gasteiger partial charge < -0.3 is 25.2 Å². The van der Waals surface area contributed by atoms with Crippen LogP contribution in [0.1, 0.15) is 26.2 Å². The molecule has 0 unspecified atom stereocenters. The molecule has 2 fully saturated rings. The van der Waals surface area contributed by atoms with Crippen molar-refractivity contribution >= 4 is 12.0 Å². The van der Waals surface area contributed by atoms with Crippen LogP contribution in [0.4, 0.5) is 4.79 Å². The number of hydrogen-bond acceptors (Lipinski definition) is 4. The summed E-state index contributed by atoms with van der Waals surface area (Å²) in [5.74, 6) is -1.08. The number of carbonyl (C=O) groups is 2. The highest BCUT2D eigenvalue weighted by molar-refractivity contribution is 5.83. The highest BCUT2D eigenvalue weighted by Crippen LogP contribution is 2.29. The fourth-order valence-electron chi connectivity index (χ4n) is 2.70. The van der Waals surface area contributed by atoms with Gasteiger partial charge in [-0.05, 0) is 18.3 Å². The van der Waals surface area contributed by atoms with E-state index in [0.29, 0.717) is 19.8 Å². The lowest BCUT2D eigenvalue weighted by molar-refractivity contribution is -0.141. The van der Waals surface area contributed by atoms with Crippen molar-refractivity contribution in [2.75, 3.05) is 26.3 Å². The molecule has 0 bridgehead atoms. The fraction of sp³-hybridized carbons (Fsp3) is 0.846. The Morgan fingerprint density at radius 3 is 2.65 bits per heavy atom. The Morgan fingerprint density at radius 2 is 2.05 bits per heavy atom. The van der Waals surface area contributed by atoms with Gasteiger partial charge in [0.1, 0.15) is 6.04 Å². The maximum atomic E-state index is 12.1. The number of hydrogen-bond donors (Lipinski definition) is 3. The van der Waals surface area contributed by atoms with Crippen molar-refractivity contribution in [3.05, 3.63) is 0 Å². The third-order valence-electron chi connectivity index (χ3n) is 4.19. The molecule has 0 aromatic carbocycles. The predicted molar refractivity (Wildman–Crippen MR) is 70.3 cm³/mol. The molecule has 0 aliphatic carbocycles. The smallest absolute Gasteiger partial charge is 0.326 e. The number of nitrogens with one attached hydrogen (secondary N) is 1. The number of carbonyl (C=O) groups excluding carboxylic acids is 1. The summed E-state index contributed by atoms with van der Waals surface area (Å²) in [7, 11) is 0. The molecule has 7 heteroatoms. The predicted octanol–water partition coefficient (Wildman–Crippen LogP) is 0.0325. The summed E-state index contributed by atoms with van der Waals surface area (Å²) in [6.45, 7) is 4.03. The second-order valence-electron chi connectivity index (χ2n) is 5.98. The van der Waals surface area contributed by atoms with Crippen LogP contribution in [-0.4, -0.2) is 65.6 Å². The van der Waals surface area contributed by atoms with E-state index in [4.69, 9.17) is 9.84 Å². The summed E-state index contributed by atoms with van der Waals surface area (Å²) in [5, 5.41) is 21.4. The molecule has 3 N–H and O–H groups in total. The lowest BCUT2D eigenvalue weighted by atomic mass is 9.82. The van der Waals surface area contributed by atoms with E-state index in [9.17, 15) is 14.7 Å². The van der Waals surface area contributed by atoms with Gasteiger partial charge in [-0.3, -0.25) is 0 Å². The third-order valence-corrected chi connectivity index (χ3v) is 4.19. The van der Waals surface area contributed by atoms with Gasteiger partial charge in [0.15, 0.2) is 0 Å². The van der Waals surface area contributed by atoms with Crippen LogP contribution in [-0.2, 0) is 9.53 Å². The molecule has 114 valence electrons. The van der Waals surface area contributed by atoms with Gasteiger partial charge in [-0.2, -0.15) is 0 Å². The Morgan fingerprint density at radius 1 is 1.40 bits per heavy atom. The number of likely N-dealkylation sites (tertiary alicyclic amines) is 1. The molecule has 2 amide bonds. The third kappa shape index (κ3) is 3.40. The van der Waals surface area contributed by atoms with Crippen LogP contribution >= 0.6 is 0 Å². The number of nitrogens with zero attached hydrogens (tertiary/aromatic N) is 1. The fourth-order valence-corrected chi connectivity index (χ4v) is 2.70. The second kappa shape index (κ2) is 5.97. The van der Waals surface area contributed by atoms with Crippen molar-refractivity contribution in [3.8, 4) is 0 Å². The number of urea groups is 1. The van der Waals surface area contributed by atoms with Gasteiger partial charge in [0, 0.05) is 32.7 Å². The Hall–Kier alpha value is -1.34. The van der Waals surface area contributed by atoms with Crippen LogP contribution < -0.4 is 5.32 Å². The summed E-state index contributed by atoms with van der Waals surface area (Å²) in [5.41, 5.74) is -0.00896. The quantitative estimate of drug-likeness (QED) is 0.680. The van der Waals surface area contributed by atoms with Gasteiger partial charge in [-0.25, -0.2) is 9.59 Å². The summed E-state index contributed by atoms with van der Waals surface area (Å²) in [4.78, 5) is 24.4. The monoisotopic (exact) mass is 286 g/mol. The summed E-state index contributed by atoms with van der Waals surface area (Å²) in [6.07, 6.45) is 1.07. The van der Waals surface area contributed by atoms with Gasteiger partial charge in [0.25, 0.3) is 0 Å². The number of aliphatic carboxylic acids is 1. The van der Waals surface area contributed by atoms with Crippen molar-refractivity contribution in [2.45, 2.75) is 38.3 Å². The molecule has 0 aromatic rings. The zero-order chi connectivity index (χ0) is 14.8. The molecule has 2 heterocycles. The number of carboxylic acid groups (broad SMARTS) is 1. The van der Waals surface area contributed by atoms with Crippen molar-refractivity contribution in [1.82, 2.24) is 10.2 Å². The van der Waals surface area contributed by atoms with Crippen LogP contribution in [0.5, 0.6) is 0 Å². The first-order valence-electron chi connectivity index (χ1n) is 6.94. The van der Waals surface area contributed by atoms with E-state index in [1.165, 1.54) is 4.90 Å². The number of carboxylic acids is 1. The summed E-state index contributed by atoms with van der Waals surface area (Å²) >= 11 is 0. The van der Waals surface area contributed by atoms with E-state index in [2.05, 4.69) is 12.2 Å². The molecule has 2 atom stereocenters. The SMILES string of the molecule is CC1(CNC(=O)N2C[C@H](O)C[C@H]2C(=O)O)CCOCC1. The molecular weight excluding hydrogens is 264 g/mol. The largest absolute Gasteiger partial charge is 0.480 e. The van der Waals surface area contributed by atoms with Gasteiger partial charge in [0.05, 0.1) is 6.10 Å². The maximum absolute atomic E-state index is 12.1. The Balaban J connectivity index is 1.89. The summed E-state index contributed by atoms with van der Waals surface area (Å²) < 4.78 is 5.30. The highest BCUT2D eigenvalue weighted by atomic mass is 16.5. The van der Waals surface area contributed by atoms with Crippen LogP contribution in [0, 0.1) is 5.41 Å². The van der Waals surface area contributed by atoms with Crippen molar-refractivity contribution in [3.63, 3.8) is 0 Å². The topological polar surface area (TPSA) is 99.1 Å². The summed E-state index contributed by atoms with van der Waals surface area (Å²) in [6, 6.07) is -1.35. The minimum Gasteiger partial charge on any atom is -0.480 e. The minimum atomic E-state index is -1.08. The zero-order valence-electron chi connectivity index (χ0n) is 11.7. The Kier molecular flexibility index (Phi) is 4.49. The first-order chi connectivity index (χ1) is 9.41. The van der Waals surface area contributed by atoms with Gasteiger partial charge in [-0.15, -0.1) is 0 Å². The van der Waals surface area contributed by atoms with Crippen molar-refractivity contribution in [2.24, 2.45) is 5.41 Å². The molecule has 20 heavy (non-hydrogen) atoms. The standard InChI is InChI=1S/C13H22N2O5/c1-13(2-4-20-5-3-13)8-14-12(19)15-7-9(16)6-10(15)11(17)18/h9-10,16H,2-8H2,1H3,(H,14,19)(H,17,18)/t9-,10+/m1/s1. The zero-order valence-corrected chi connectivity index (χ0v) is 11.7. The minimum absolute atomic E-state index is 0.00896. The van der Waals surface area contributed by atoms with E-state index in [1.807, 2.05) is 0 Å². The highest BCUT2D eigenvalue weighted by Gasteiger charge is 2.39. The van der Waals surface area contributed by atoms with E-state index in [0.717, 1.165) is 12.8 Å². The maximum Gasteiger partial charge on any atom is 0.326 e. The lowest BCUT2D eigenvalue weighted by Gasteiger charge is -2.34. The molecule has 0 aromatic heterocycles. The molecule has 7 nitrogen and oxygen atoms in total. The van der Waals surface area contributed by atoms with E-state index >= 15 is 0 Å². The average Bonchev–Trinajstić information content (AvgIpc) is 2.79. The normalized spacial score (nSPS) is 29.2. The number of amides is 2. The van der Waals surface area contributed by atoms with Gasteiger partial charge in [-0.1, -0.05) is 6.92 Å². The molecule has 2 saturated heterocycles. The van der Waals surface area contributed by atoms with Crippen LogP contribution in [0.25, 0.3) is 0 Å². The molecule has 2 aliphatic heterocycles. The number of aliphatic hydroxyl groups excluding tert-OH is 1. The average molecular weight is 286 g/mol. The first-order valence-corrected chi connectivity index (χ1v) is 6.94. The molecule has 2 rings (SSSR count). The van der Waals surface area contributed by atoms with Crippen LogP contribution in [0.3, 0.4) is 0 Å². The van der Waals surface area contributed by atoms with E-state index in [1.54, 1.807) is 0 Å².